The molecule has 0 fully saturated rings. The summed E-state index contributed by atoms with van der Waals surface area (Å²) < 4.78 is 0. The number of hydrogen-bond acceptors (Lipinski definition) is 1. The summed E-state index contributed by atoms with van der Waals surface area (Å²) in [5.41, 5.74) is 2.81. The van der Waals surface area contributed by atoms with Crippen LogP contribution < -0.4 is 5.32 Å². The Kier molecular flexibility index (Phi) is 4.78. The van der Waals surface area contributed by atoms with E-state index in [1.165, 1.54) is 0 Å². The molecule has 17 heavy (non-hydrogen) atoms. The zero-order valence-corrected chi connectivity index (χ0v) is 10.7. The normalized spacial score (nSPS) is 11.6. The van der Waals surface area contributed by atoms with E-state index in [1.807, 2.05) is 39.0 Å². The molecule has 1 unspecified atom stereocenters. The van der Waals surface area contributed by atoms with Crippen LogP contribution in [-0.4, -0.2) is 11.9 Å². The molecule has 0 bridgehead atoms. The third-order valence-electron chi connectivity index (χ3n) is 2.83. The largest absolute Gasteiger partial charge is 0.348 e. The van der Waals surface area contributed by atoms with E-state index in [1.54, 1.807) is 0 Å². The summed E-state index contributed by atoms with van der Waals surface area (Å²) in [7, 11) is 0. The molecular weight excluding hydrogens is 210 g/mol. The van der Waals surface area contributed by atoms with E-state index in [4.69, 9.17) is 6.42 Å². The molecule has 90 valence electrons. The minimum atomic E-state index is -0.0340. The maximum Gasteiger partial charge on any atom is 0.251 e. The molecule has 0 radical (unpaired) electrons. The quantitative estimate of drug-likeness (QED) is 0.790. The maximum absolute atomic E-state index is 12.1. The molecule has 0 aliphatic carbocycles. The molecule has 2 nitrogen and oxygen atoms in total. The van der Waals surface area contributed by atoms with Crippen LogP contribution in [0.15, 0.2) is 18.2 Å². The minimum Gasteiger partial charge on any atom is -0.348 e. The van der Waals surface area contributed by atoms with Crippen LogP contribution in [0.5, 0.6) is 0 Å². The fourth-order valence-corrected chi connectivity index (χ4v) is 1.68. The first-order chi connectivity index (χ1) is 8.08. The first-order valence-electron chi connectivity index (χ1n) is 5.90. The highest BCUT2D eigenvalue weighted by Gasteiger charge is 2.13. The van der Waals surface area contributed by atoms with Crippen molar-refractivity contribution in [3.63, 3.8) is 0 Å². The van der Waals surface area contributed by atoms with Crippen LogP contribution in [0, 0.1) is 26.2 Å². The van der Waals surface area contributed by atoms with Gasteiger partial charge in [-0.2, -0.15) is 0 Å². The van der Waals surface area contributed by atoms with E-state index in [9.17, 15) is 4.79 Å². The number of carbonyl (C=O) groups excluding carboxylic acids is 1. The predicted octanol–water partition coefficient (Wildman–Crippen LogP) is 2.84. The zero-order chi connectivity index (χ0) is 12.8. The van der Waals surface area contributed by atoms with Crippen LogP contribution in [0.25, 0.3) is 0 Å². The van der Waals surface area contributed by atoms with Crippen LogP contribution in [0.2, 0.25) is 0 Å². The van der Waals surface area contributed by atoms with Crippen molar-refractivity contribution >= 4 is 5.91 Å². The van der Waals surface area contributed by atoms with Gasteiger partial charge in [0, 0.05) is 18.0 Å². The van der Waals surface area contributed by atoms with Crippen LogP contribution >= 0.6 is 0 Å². The molecule has 1 amide bonds. The lowest BCUT2D eigenvalue weighted by Crippen LogP contribution is -2.34. The van der Waals surface area contributed by atoms with E-state index in [0.29, 0.717) is 6.42 Å². The van der Waals surface area contributed by atoms with E-state index in [-0.39, 0.29) is 11.9 Å². The topological polar surface area (TPSA) is 29.1 Å². The summed E-state index contributed by atoms with van der Waals surface area (Å²) in [6.07, 6.45) is 6.70. The van der Waals surface area contributed by atoms with E-state index >= 15 is 0 Å². The van der Waals surface area contributed by atoms with Gasteiger partial charge in [-0.3, -0.25) is 4.79 Å². The first-order valence-corrected chi connectivity index (χ1v) is 5.90. The van der Waals surface area contributed by atoms with Gasteiger partial charge in [0.05, 0.1) is 0 Å². The fourth-order valence-electron chi connectivity index (χ4n) is 1.68. The van der Waals surface area contributed by atoms with Crippen molar-refractivity contribution in [3.05, 3.63) is 34.9 Å². The van der Waals surface area contributed by atoms with Gasteiger partial charge in [-0.1, -0.05) is 24.6 Å². The molecular formula is C15H19NO. The van der Waals surface area contributed by atoms with Crippen molar-refractivity contribution in [3.8, 4) is 12.3 Å². The van der Waals surface area contributed by atoms with E-state index in [2.05, 4.69) is 11.2 Å². The molecule has 0 saturated heterocycles. The molecule has 0 spiro atoms. The number of nitrogens with one attached hydrogen (secondary N) is 1. The highest BCUT2D eigenvalue weighted by Crippen LogP contribution is 2.11. The Labute approximate surface area is 103 Å². The van der Waals surface area contributed by atoms with Crippen molar-refractivity contribution in [2.45, 2.75) is 39.7 Å². The van der Waals surface area contributed by atoms with E-state index in [0.717, 1.165) is 23.1 Å². The standard InChI is InChI=1S/C15H19NO/c1-5-7-13(6-2)16-15(17)14-10-11(3)8-9-12(14)4/h1,8-10,13H,6-7H2,2-4H3,(H,16,17). The molecule has 0 saturated carbocycles. The average molecular weight is 229 g/mol. The number of rotatable bonds is 4. The number of aryl methyl sites for hydroxylation is 2. The van der Waals surface area contributed by atoms with Gasteiger partial charge in [0.2, 0.25) is 0 Å². The highest BCUT2D eigenvalue weighted by atomic mass is 16.1. The number of benzene rings is 1. The van der Waals surface area contributed by atoms with Crippen molar-refractivity contribution in [1.82, 2.24) is 5.32 Å². The number of terminal acetylenes is 1. The second kappa shape index (κ2) is 6.10. The number of carbonyl (C=O) groups is 1. The fraction of sp³-hybridized carbons (Fsp3) is 0.400. The van der Waals surface area contributed by atoms with Gasteiger partial charge < -0.3 is 5.32 Å². The minimum absolute atomic E-state index is 0.0340. The van der Waals surface area contributed by atoms with Crippen molar-refractivity contribution in [1.29, 1.82) is 0 Å². The van der Waals surface area contributed by atoms with Crippen LogP contribution in [-0.2, 0) is 0 Å². The van der Waals surface area contributed by atoms with Crippen LogP contribution in [0.3, 0.4) is 0 Å². The van der Waals surface area contributed by atoms with Crippen molar-refractivity contribution in [2.75, 3.05) is 0 Å². The molecule has 1 rings (SSSR count). The third-order valence-corrected chi connectivity index (χ3v) is 2.83. The van der Waals surface area contributed by atoms with Crippen molar-refractivity contribution in [2.24, 2.45) is 0 Å². The molecule has 0 aliphatic rings. The monoisotopic (exact) mass is 229 g/mol. The highest BCUT2D eigenvalue weighted by molar-refractivity contribution is 5.96. The smallest absolute Gasteiger partial charge is 0.251 e. The second-order valence-corrected chi connectivity index (χ2v) is 4.31. The van der Waals surface area contributed by atoms with Gasteiger partial charge in [-0.15, -0.1) is 12.3 Å². The lowest BCUT2D eigenvalue weighted by atomic mass is 10.0. The predicted molar refractivity (Wildman–Crippen MR) is 70.9 cm³/mol. The Bertz CT molecular complexity index is 443. The second-order valence-electron chi connectivity index (χ2n) is 4.31. The Morgan fingerprint density at radius 2 is 2.18 bits per heavy atom. The summed E-state index contributed by atoms with van der Waals surface area (Å²) in [5, 5.41) is 2.97. The van der Waals surface area contributed by atoms with Crippen LogP contribution in [0.1, 0.15) is 41.3 Å². The van der Waals surface area contributed by atoms with Gasteiger partial charge in [-0.25, -0.2) is 0 Å². The molecule has 0 heterocycles. The van der Waals surface area contributed by atoms with Crippen LogP contribution in [0.4, 0.5) is 0 Å². The summed E-state index contributed by atoms with van der Waals surface area (Å²) in [6, 6.07) is 5.94. The summed E-state index contributed by atoms with van der Waals surface area (Å²) in [4.78, 5) is 12.1. The Morgan fingerprint density at radius 3 is 2.76 bits per heavy atom. The van der Waals surface area contributed by atoms with E-state index < -0.39 is 0 Å². The molecule has 2 heteroatoms. The lowest BCUT2D eigenvalue weighted by Gasteiger charge is -2.15. The van der Waals surface area contributed by atoms with Gasteiger partial charge in [0.15, 0.2) is 0 Å². The van der Waals surface area contributed by atoms with Gasteiger partial charge >= 0.3 is 0 Å². The molecule has 0 aromatic heterocycles. The van der Waals surface area contributed by atoms with Gasteiger partial charge in [-0.05, 0) is 31.9 Å². The molecule has 1 aromatic carbocycles. The summed E-state index contributed by atoms with van der Waals surface area (Å²) in [5.74, 6) is 2.55. The molecule has 0 aliphatic heterocycles. The first kappa shape index (κ1) is 13.3. The van der Waals surface area contributed by atoms with Gasteiger partial charge in [0.1, 0.15) is 0 Å². The Hall–Kier alpha value is -1.75. The number of amides is 1. The van der Waals surface area contributed by atoms with Gasteiger partial charge in [0.25, 0.3) is 5.91 Å². The molecule has 1 aromatic rings. The zero-order valence-electron chi connectivity index (χ0n) is 10.7. The lowest BCUT2D eigenvalue weighted by molar-refractivity contribution is 0.0936. The average Bonchev–Trinajstić information content (AvgIpc) is 2.31. The Morgan fingerprint density at radius 1 is 1.47 bits per heavy atom. The summed E-state index contributed by atoms with van der Waals surface area (Å²) in [6.45, 7) is 5.94. The third kappa shape index (κ3) is 3.64. The molecule has 1 N–H and O–H groups in total. The molecule has 1 atom stereocenters. The Balaban J connectivity index is 2.82. The maximum atomic E-state index is 12.1. The number of hydrogen-bond donors (Lipinski definition) is 1. The summed E-state index contributed by atoms with van der Waals surface area (Å²) >= 11 is 0. The SMILES string of the molecule is C#CCC(CC)NC(=O)c1cc(C)ccc1C. The van der Waals surface area contributed by atoms with Crippen molar-refractivity contribution < 1.29 is 4.79 Å².